The van der Waals surface area contributed by atoms with Crippen molar-refractivity contribution in [1.82, 2.24) is 0 Å². The number of nitrogens with two attached hydrogens (primary N) is 1. The molecule has 0 radical (unpaired) electrons. The molecule has 1 saturated carbocycles. The first-order valence-electron chi connectivity index (χ1n) is 9.04. The molecule has 0 heterocycles. The monoisotopic (exact) mass is 283 g/mol. The second-order valence-corrected chi connectivity index (χ2v) is 6.86. The maximum atomic E-state index is 6.55. The summed E-state index contributed by atoms with van der Waals surface area (Å²) >= 11 is 0. The average molecular weight is 284 g/mol. The van der Waals surface area contributed by atoms with E-state index < -0.39 is 0 Å². The maximum absolute atomic E-state index is 6.55. The van der Waals surface area contributed by atoms with Crippen LogP contribution in [0.1, 0.15) is 91.4 Å². The lowest BCUT2D eigenvalue weighted by atomic mass is 9.73. The predicted molar refractivity (Wildman–Crippen MR) is 88.0 cm³/mol. The van der Waals surface area contributed by atoms with Crippen molar-refractivity contribution < 1.29 is 4.74 Å². The van der Waals surface area contributed by atoms with E-state index in [4.69, 9.17) is 10.5 Å². The van der Waals surface area contributed by atoms with Crippen LogP contribution in [0, 0.1) is 5.92 Å². The first-order valence-corrected chi connectivity index (χ1v) is 9.04. The van der Waals surface area contributed by atoms with Gasteiger partial charge in [0.25, 0.3) is 0 Å². The van der Waals surface area contributed by atoms with Gasteiger partial charge in [0.15, 0.2) is 0 Å². The molecule has 1 fully saturated rings. The molecule has 0 aromatic rings. The molecule has 3 atom stereocenters. The van der Waals surface area contributed by atoms with Gasteiger partial charge in [0.1, 0.15) is 0 Å². The summed E-state index contributed by atoms with van der Waals surface area (Å²) < 4.78 is 6.17. The zero-order chi connectivity index (χ0) is 14.8. The third-order valence-electron chi connectivity index (χ3n) is 4.97. The summed E-state index contributed by atoms with van der Waals surface area (Å²) in [4.78, 5) is 0. The predicted octanol–water partition coefficient (Wildman–Crippen LogP) is 5.05. The van der Waals surface area contributed by atoms with Crippen LogP contribution in [0.15, 0.2) is 0 Å². The van der Waals surface area contributed by atoms with Gasteiger partial charge >= 0.3 is 0 Å². The van der Waals surface area contributed by atoms with Crippen molar-refractivity contribution in [2.45, 2.75) is 103 Å². The summed E-state index contributed by atoms with van der Waals surface area (Å²) in [5.41, 5.74) is 6.53. The summed E-state index contributed by atoms with van der Waals surface area (Å²) in [5.74, 6) is 0.769. The maximum Gasteiger partial charge on any atom is 0.0835 e. The highest BCUT2D eigenvalue weighted by Crippen LogP contribution is 2.38. The van der Waals surface area contributed by atoms with E-state index in [9.17, 15) is 0 Å². The van der Waals surface area contributed by atoms with E-state index in [1.807, 2.05) is 0 Å². The molecule has 3 unspecified atom stereocenters. The van der Waals surface area contributed by atoms with Crippen LogP contribution in [-0.2, 0) is 4.74 Å². The highest BCUT2D eigenvalue weighted by molar-refractivity contribution is 4.95. The average Bonchev–Trinajstić information content (AvgIpc) is 2.42. The van der Waals surface area contributed by atoms with E-state index in [1.165, 1.54) is 57.8 Å². The van der Waals surface area contributed by atoms with Crippen molar-refractivity contribution in [3.8, 4) is 0 Å². The van der Waals surface area contributed by atoms with Crippen LogP contribution in [0.2, 0.25) is 0 Å². The van der Waals surface area contributed by atoms with Gasteiger partial charge in [0.05, 0.1) is 5.60 Å². The summed E-state index contributed by atoms with van der Waals surface area (Å²) in [6.07, 6.45) is 14.2. The van der Waals surface area contributed by atoms with Gasteiger partial charge in [-0.15, -0.1) is 0 Å². The highest BCUT2D eigenvalue weighted by atomic mass is 16.5. The van der Waals surface area contributed by atoms with Gasteiger partial charge in [-0.25, -0.2) is 0 Å². The van der Waals surface area contributed by atoms with E-state index >= 15 is 0 Å². The second-order valence-electron chi connectivity index (χ2n) is 6.86. The molecule has 0 bridgehead atoms. The third-order valence-corrected chi connectivity index (χ3v) is 4.97. The Morgan fingerprint density at radius 1 is 1.15 bits per heavy atom. The molecule has 0 spiro atoms. The van der Waals surface area contributed by atoms with Gasteiger partial charge in [-0.1, -0.05) is 65.2 Å². The first kappa shape index (κ1) is 18.0. The lowest BCUT2D eigenvalue weighted by Gasteiger charge is -2.44. The van der Waals surface area contributed by atoms with Gasteiger partial charge in [0.2, 0.25) is 0 Å². The minimum absolute atomic E-state index is 0.0180. The van der Waals surface area contributed by atoms with E-state index in [0.29, 0.717) is 0 Å². The van der Waals surface area contributed by atoms with Gasteiger partial charge in [-0.2, -0.15) is 0 Å². The SMILES string of the molecule is CCCCCCCCC(N)C1(OCC)CCCC(C)C1. The number of hydrogen-bond acceptors (Lipinski definition) is 2. The van der Waals surface area contributed by atoms with Crippen LogP contribution in [0.25, 0.3) is 0 Å². The van der Waals surface area contributed by atoms with Crippen LogP contribution in [0.4, 0.5) is 0 Å². The van der Waals surface area contributed by atoms with E-state index in [-0.39, 0.29) is 11.6 Å². The molecule has 120 valence electrons. The van der Waals surface area contributed by atoms with Crippen molar-refractivity contribution >= 4 is 0 Å². The molecular weight excluding hydrogens is 246 g/mol. The zero-order valence-electron chi connectivity index (χ0n) is 14.1. The van der Waals surface area contributed by atoms with Crippen molar-refractivity contribution in [1.29, 1.82) is 0 Å². The molecule has 2 N–H and O–H groups in total. The van der Waals surface area contributed by atoms with Crippen LogP contribution >= 0.6 is 0 Å². The molecule has 1 aliphatic carbocycles. The third kappa shape index (κ3) is 5.73. The Kier molecular flexibility index (Phi) is 8.79. The molecule has 0 aromatic heterocycles. The Hall–Kier alpha value is -0.0800. The van der Waals surface area contributed by atoms with Crippen LogP contribution < -0.4 is 5.73 Å². The van der Waals surface area contributed by atoms with Crippen molar-refractivity contribution in [3.05, 3.63) is 0 Å². The standard InChI is InChI=1S/C18H37NO/c1-4-6-7-8-9-10-13-17(19)18(20-5-2)14-11-12-16(3)15-18/h16-17H,4-15,19H2,1-3H3. The quantitative estimate of drug-likeness (QED) is 0.569. The molecule has 0 amide bonds. The van der Waals surface area contributed by atoms with Crippen molar-refractivity contribution in [2.75, 3.05) is 6.61 Å². The Balaban J connectivity index is 2.34. The summed E-state index contributed by atoms with van der Waals surface area (Å²) in [6, 6.07) is 0.233. The minimum atomic E-state index is -0.0180. The number of unbranched alkanes of at least 4 members (excludes halogenated alkanes) is 5. The highest BCUT2D eigenvalue weighted by Gasteiger charge is 2.40. The zero-order valence-corrected chi connectivity index (χ0v) is 14.1. The first-order chi connectivity index (χ1) is 9.64. The molecular formula is C18H37NO. The minimum Gasteiger partial charge on any atom is -0.374 e. The largest absolute Gasteiger partial charge is 0.374 e. The topological polar surface area (TPSA) is 35.2 Å². The molecule has 1 rings (SSSR count). The normalized spacial score (nSPS) is 28.5. The fourth-order valence-corrected chi connectivity index (χ4v) is 3.81. The van der Waals surface area contributed by atoms with Crippen molar-refractivity contribution in [3.63, 3.8) is 0 Å². The lowest BCUT2D eigenvalue weighted by molar-refractivity contribution is -0.0943. The number of ether oxygens (including phenoxy) is 1. The van der Waals surface area contributed by atoms with Crippen molar-refractivity contribution in [2.24, 2.45) is 11.7 Å². The Morgan fingerprint density at radius 3 is 2.50 bits per heavy atom. The molecule has 0 aliphatic heterocycles. The summed E-state index contributed by atoms with van der Waals surface area (Å²) in [7, 11) is 0. The molecule has 0 aromatic carbocycles. The molecule has 1 aliphatic rings. The Morgan fingerprint density at radius 2 is 1.85 bits per heavy atom. The summed E-state index contributed by atoms with van der Waals surface area (Å²) in [5, 5.41) is 0. The smallest absolute Gasteiger partial charge is 0.0835 e. The molecule has 20 heavy (non-hydrogen) atoms. The van der Waals surface area contributed by atoms with Crippen LogP contribution in [0.3, 0.4) is 0 Å². The molecule has 2 heteroatoms. The fraction of sp³-hybridized carbons (Fsp3) is 1.00. The lowest BCUT2D eigenvalue weighted by Crippen LogP contribution is -2.52. The molecule has 0 saturated heterocycles. The van der Waals surface area contributed by atoms with Crippen LogP contribution in [0.5, 0.6) is 0 Å². The van der Waals surface area contributed by atoms with Crippen LogP contribution in [-0.4, -0.2) is 18.2 Å². The number of rotatable bonds is 10. The molecule has 2 nitrogen and oxygen atoms in total. The Bertz CT molecular complexity index is 240. The van der Waals surface area contributed by atoms with Gasteiger partial charge in [-0.3, -0.25) is 0 Å². The van der Waals surface area contributed by atoms with E-state index in [2.05, 4.69) is 20.8 Å². The van der Waals surface area contributed by atoms with E-state index in [1.54, 1.807) is 0 Å². The Labute approximate surface area is 126 Å². The fourth-order valence-electron chi connectivity index (χ4n) is 3.81. The van der Waals surface area contributed by atoms with Gasteiger partial charge < -0.3 is 10.5 Å². The second kappa shape index (κ2) is 9.78. The van der Waals surface area contributed by atoms with E-state index in [0.717, 1.165) is 25.4 Å². The van der Waals surface area contributed by atoms with Gasteiger partial charge in [0, 0.05) is 12.6 Å². The van der Waals surface area contributed by atoms with Gasteiger partial charge in [-0.05, 0) is 32.1 Å². The number of hydrogen-bond donors (Lipinski definition) is 1. The summed E-state index contributed by atoms with van der Waals surface area (Å²) in [6.45, 7) is 7.53.